The summed E-state index contributed by atoms with van der Waals surface area (Å²) in [5.74, 6) is -0.958. The van der Waals surface area contributed by atoms with Gasteiger partial charge in [0.2, 0.25) is 10.0 Å². The van der Waals surface area contributed by atoms with E-state index in [-0.39, 0.29) is 10.6 Å². The lowest BCUT2D eigenvalue weighted by Crippen LogP contribution is -2.47. The Bertz CT molecular complexity index is 612. The Morgan fingerprint density at radius 1 is 1.24 bits per heavy atom. The van der Waals surface area contributed by atoms with Crippen molar-refractivity contribution in [3.05, 3.63) is 18.2 Å². The fourth-order valence-electron chi connectivity index (χ4n) is 1.57. The first-order valence-electron chi connectivity index (χ1n) is 5.88. The molecule has 0 saturated heterocycles. The van der Waals surface area contributed by atoms with Crippen LogP contribution in [-0.2, 0) is 14.8 Å². The van der Waals surface area contributed by atoms with Gasteiger partial charge in [-0.05, 0) is 19.1 Å². The summed E-state index contributed by atoms with van der Waals surface area (Å²) in [6.07, 6.45) is -1.39. The van der Waals surface area contributed by atoms with Gasteiger partial charge in [-0.15, -0.1) is 0 Å². The number of benzene rings is 1. The van der Waals surface area contributed by atoms with Crippen LogP contribution < -0.4 is 14.2 Å². The average Bonchev–Trinajstić information content (AvgIpc) is 2.43. The molecule has 0 aliphatic rings. The molecule has 0 aliphatic heterocycles. The second-order valence-corrected chi connectivity index (χ2v) is 5.91. The quantitative estimate of drug-likeness (QED) is 0.637. The van der Waals surface area contributed by atoms with Crippen LogP contribution in [0, 0.1) is 0 Å². The molecule has 0 amide bonds. The summed E-state index contributed by atoms with van der Waals surface area (Å²) in [6.45, 7) is 1.18. The number of carboxylic acids is 1. The van der Waals surface area contributed by atoms with Crippen molar-refractivity contribution in [2.45, 2.75) is 24.0 Å². The highest BCUT2D eigenvalue weighted by Gasteiger charge is 2.29. The lowest BCUT2D eigenvalue weighted by atomic mass is 10.2. The summed E-state index contributed by atoms with van der Waals surface area (Å²) in [4.78, 5) is 10.7. The van der Waals surface area contributed by atoms with Crippen LogP contribution in [0.4, 0.5) is 0 Å². The standard InChI is InChI=1S/C12H17NO7S/c1-7(14)11(12(15)16)13-21(17,18)8-4-5-9(19-2)10(6-8)20-3/h4-7,11,13-14H,1-3H3,(H,15,16). The number of rotatable bonds is 7. The van der Waals surface area contributed by atoms with Crippen molar-refractivity contribution in [1.29, 1.82) is 0 Å². The number of methoxy groups -OCH3 is 2. The predicted octanol–water partition coefficient (Wildman–Crippen LogP) is -0.184. The van der Waals surface area contributed by atoms with Gasteiger partial charge in [-0.2, -0.15) is 4.72 Å². The summed E-state index contributed by atoms with van der Waals surface area (Å²) < 4.78 is 36.2. The number of aliphatic hydroxyl groups excluding tert-OH is 1. The lowest BCUT2D eigenvalue weighted by molar-refractivity contribution is -0.141. The van der Waals surface area contributed by atoms with Gasteiger partial charge < -0.3 is 19.7 Å². The molecule has 0 fully saturated rings. The third-order valence-electron chi connectivity index (χ3n) is 2.70. The van der Waals surface area contributed by atoms with Crippen molar-refractivity contribution in [3.8, 4) is 11.5 Å². The fraction of sp³-hybridized carbons (Fsp3) is 0.417. The molecule has 2 atom stereocenters. The zero-order valence-electron chi connectivity index (χ0n) is 11.7. The normalized spacial score (nSPS) is 14.3. The first-order chi connectivity index (χ1) is 9.72. The van der Waals surface area contributed by atoms with E-state index in [1.165, 1.54) is 39.3 Å². The number of hydrogen-bond acceptors (Lipinski definition) is 6. The lowest BCUT2D eigenvalue weighted by Gasteiger charge is -2.17. The van der Waals surface area contributed by atoms with E-state index in [0.29, 0.717) is 5.75 Å². The van der Waals surface area contributed by atoms with Crippen molar-refractivity contribution in [2.24, 2.45) is 0 Å². The molecule has 0 aliphatic carbocycles. The van der Waals surface area contributed by atoms with Crippen LogP contribution in [0.1, 0.15) is 6.92 Å². The van der Waals surface area contributed by atoms with Crippen LogP contribution in [0.15, 0.2) is 23.1 Å². The van der Waals surface area contributed by atoms with Crippen molar-refractivity contribution in [1.82, 2.24) is 4.72 Å². The number of sulfonamides is 1. The van der Waals surface area contributed by atoms with Crippen LogP contribution in [0.3, 0.4) is 0 Å². The molecule has 1 aromatic rings. The van der Waals surface area contributed by atoms with E-state index in [1.807, 2.05) is 4.72 Å². The highest BCUT2D eigenvalue weighted by atomic mass is 32.2. The Morgan fingerprint density at radius 3 is 2.24 bits per heavy atom. The highest BCUT2D eigenvalue weighted by molar-refractivity contribution is 7.89. The van der Waals surface area contributed by atoms with Crippen LogP contribution in [0.25, 0.3) is 0 Å². The molecule has 0 aromatic heterocycles. The minimum Gasteiger partial charge on any atom is -0.493 e. The van der Waals surface area contributed by atoms with Gasteiger partial charge in [0.05, 0.1) is 25.2 Å². The van der Waals surface area contributed by atoms with E-state index in [2.05, 4.69) is 0 Å². The van der Waals surface area contributed by atoms with Crippen LogP contribution in [0.2, 0.25) is 0 Å². The molecule has 9 heteroatoms. The second kappa shape index (κ2) is 6.74. The van der Waals surface area contributed by atoms with Gasteiger partial charge >= 0.3 is 5.97 Å². The van der Waals surface area contributed by atoms with Gasteiger partial charge in [-0.1, -0.05) is 0 Å². The first-order valence-corrected chi connectivity index (χ1v) is 7.36. The number of nitrogens with one attached hydrogen (secondary N) is 1. The Morgan fingerprint density at radius 2 is 1.81 bits per heavy atom. The van der Waals surface area contributed by atoms with Crippen molar-refractivity contribution < 1.29 is 32.9 Å². The van der Waals surface area contributed by atoms with Gasteiger partial charge in [0, 0.05) is 6.07 Å². The maximum Gasteiger partial charge on any atom is 0.324 e. The van der Waals surface area contributed by atoms with Crippen LogP contribution >= 0.6 is 0 Å². The molecular formula is C12H17NO7S. The Hall–Kier alpha value is -1.84. The van der Waals surface area contributed by atoms with Gasteiger partial charge in [0.25, 0.3) is 0 Å². The van der Waals surface area contributed by atoms with Crippen molar-refractivity contribution in [3.63, 3.8) is 0 Å². The maximum absolute atomic E-state index is 12.1. The SMILES string of the molecule is COc1ccc(S(=O)(=O)NC(C(=O)O)C(C)O)cc1OC. The summed E-state index contributed by atoms with van der Waals surface area (Å²) in [7, 11) is -1.39. The molecule has 0 heterocycles. The second-order valence-electron chi connectivity index (χ2n) is 4.19. The Kier molecular flexibility index (Phi) is 5.53. The number of carbonyl (C=O) groups is 1. The molecule has 0 radical (unpaired) electrons. The molecule has 8 nitrogen and oxygen atoms in total. The number of aliphatic hydroxyl groups is 1. The Balaban J connectivity index is 3.16. The average molecular weight is 319 g/mol. The molecular weight excluding hydrogens is 302 g/mol. The van der Waals surface area contributed by atoms with Crippen LogP contribution in [0.5, 0.6) is 11.5 Å². The van der Waals surface area contributed by atoms with Crippen molar-refractivity contribution >= 4 is 16.0 Å². The monoisotopic (exact) mass is 319 g/mol. The number of aliphatic carboxylic acids is 1. The van der Waals surface area contributed by atoms with Gasteiger partial charge in [0.15, 0.2) is 11.5 Å². The zero-order chi connectivity index (χ0) is 16.2. The number of carboxylic acid groups (broad SMARTS) is 1. The minimum absolute atomic E-state index is 0.185. The van der Waals surface area contributed by atoms with Crippen molar-refractivity contribution in [2.75, 3.05) is 14.2 Å². The molecule has 3 N–H and O–H groups in total. The summed E-state index contributed by atoms with van der Waals surface area (Å²) in [5, 5.41) is 18.2. The van der Waals surface area contributed by atoms with Gasteiger partial charge in [0.1, 0.15) is 6.04 Å². The summed E-state index contributed by atoms with van der Waals surface area (Å²) >= 11 is 0. The van der Waals surface area contributed by atoms with E-state index in [9.17, 15) is 18.3 Å². The number of ether oxygens (including phenoxy) is 2. The Labute approximate surface area is 122 Å². The van der Waals surface area contributed by atoms with Gasteiger partial charge in [-0.3, -0.25) is 4.79 Å². The van der Waals surface area contributed by atoms with E-state index >= 15 is 0 Å². The first kappa shape index (κ1) is 17.2. The zero-order valence-corrected chi connectivity index (χ0v) is 12.5. The summed E-state index contributed by atoms with van der Waals surface area (Å²) in [5.41, 5.74) is 0. The van der Waals surface area contributed by atoms with E-state index in [4.69, 9.17) is 14.6 Å². The fourth-order valence-corrected chi connectivity index (χ4v) is 2.85. The third-order valence-corrected chi connectivity index (χ3v) is 4.13. The minimum atomic E-state index is -4.13. The third kappa shape index (κ3) is 4.06. The maximum atomic E-state index is 12.1. The molecule has 0 spiro atoms. The van der Waals surface area contributed by atoms with Gasteiger partial charge in [-0.25, -0.2) is 8.42 Å². The van der Waals surface area contributed by atoms with E-state index in [1.54, 1.807) is 0 Å². The molecule has 2 unspecified atom stereocenters. The number of hydrogen-bond donors (Lipinski definition) is 3. The van der Waals surface area contributed by atoms with E-state index < -0.39 is 28.1 Å². The molecule has 21 heavy (non-hydrogen) atoms. The van der Waals surface area contributed by atoms with Crippen LogP contribution in [-0.4, -0.2) is 51.0 Å². The largest absolute Gasteiger partial charge is 0.493 e. The summed E-state index contributed by atoms with van der Waals surface area (Å²) in [6, 6.07) is 2.17. The molecule has 1 rings (SSSR count). The smallest absolute Gasteiger partial charge is 0.324 e. The highest BCUT2D eigenvalue weighted by Crippen LogP contribution is 2.29. The van der Waals surface area contributed by atoms with E-state index in [0.717, 1.165) is 0 Å². The molecule has 118 valence electrons. The molecule has 1 aromatic carbocycles. The molecule has 0 bridgehead atoms. The topological polar surface area (TPSA) is 122 Å². The predicted molar refractivity (Wildman–Crippen MR) is 73.0 cm³/mol. The molecule has 0 saturated carbocycles.